The van der Waals surface area contributed by atoms with Crippen LogP contribution in [0.1, 0.15) is 29.6 Å². The third-order valence-electron chi connectivity index (χ3n) is 3.16. The van der Waals surface area contributed by atoms with Crippen LogP contribution in [0.4, 0.5) is 5.82 Å². The summed E-state index contributed by atoms with van der Waals surface area (Å²) in [6.07, 6.45) is 4.95. The normalized spacial score (nSPS) is 16.1. The van der Waals surface area contributed by atoms with Gasteiger partial charge in [-0.15, -0.1) is 0 Å². The van der Waals surface area contributed by atoms with Gasteiger partial charge in [-0.2, -0.15) is 5.10 Å². The maximum atomic E-state index is 12.0. The van der Waals surface area contributed by atoms with Crippen molar-refractivity contribution in [3.63, 3.8) is 0 Å². The summed E-state index contributed by atoms with van der Waals surface area (Å²) in [5.41, 5.74) is 6.26. The van der Waals surface area contributed by atoms with Crippen LogP contribution in [-0.2, 0) is 7.05 Å². The van der Waals surface area contributed by atoms with Crippen molar-refractivity contribution in [3.05, 3.63) is 11.8 Å². The first kappa shape index (κ1) is 10.0. The molecule has 1 aliphatic rings. The topological polar surface area (TPSA) is 64.2 Å². The van der Waals surface area contributed by atoms with Crippen LogP contribution < -0.4 is 5.73 Å². The molecule has 5 heteroatoms. The van der Waals surface area contributed by atoms with Gasteiger partial charge < -0.3 is 10.6 Å². The second-order valence-corrected chi connectivity index (χ2v) is 4.07. The lowest BCUT2D eigenvalue weighted by Crippen LogP contribution is -2.41. The Labute approximate surface area is 88.8 Å². The molecule has 1 saturated carbocycles. The molecule has 2 N–H and O–H groups in total. The molecule has 0 bridgehead atoms. The number of rotatable bonds is 2. The molecule has 1 aliphatic carbocycles. The van der Waals surface area contributed by atoms with E-state index in [1.807, 2.05) is 7.05 Å². The van der Waals surface area contributed by atoms with Gasteiger partial charge in [-0.3, -0.25) is 9.48 Å². The Morgan fingerprint density at radius 1 is 1.67 bits per heavy atom. The molecule has 0 radical (unpaired) electrons. The number of anilines is 1. The Kier molecular flexibility index (Phi) is 2.38. The zero-order valence-corrected chi connectivity index (χ0v) is 9.10. The van der Waals surface area contributed by atoms with Crippen molar-refractivity contribution >= 4 is 11.7 Å². The fourth-order valence-electron chi connectivity index (χ4n) is 1.74. The predicted molar refractivity (Wildman–Crippen MR) is 57.4 cm³/mol. The van der Waals surface area contributed by atoms with E-state index in [1.54, 1.807) is 11.9 Å². The first-order valence-corrected chi connectivity index (χ1v) is 5.16. The molecule has 0 saturated heterocycles. The monoisotopic (exact) mass is 208 g/mol. The summed E-state index contributed by atoms with van der Waals surface area (Å²) in [5.74, 6) is 0.413. The highest BCUT2D eigenvalue weighted by Crippen LogP contribution is 2.25. The summed E-state index contributed by atoms with van der Waals surface area (Å²) < 4.78 is 1.52. The minimum absolute atomic E-state index is 0.0229. The maximum Gasteiger partial charge on any atom is 0.259 e. The molecule has 82 valence electrons. The van der Waals surface area contributed by atoms with Gasteiger partial charge in [0.2, 0.25) is 0 Å². The second-order valence-electron chi connectivity index (χ2n) is 4.07. The minimum atomic E-state index is -0.0229. The number of nitrogen functional groups attached to an aromatic ring is 1. The predicted octanol–water partition coefficient (Wildman–Crippen LogP) is 0.627. The van der Waals surface area contributed by atoms with Gasteiger partial charge in [-0.25, -0.2) is 0 Å². The standard InChI is InChI=1S/C10H16N4O/c1-13(7-4-3-5-7)10(15)8-6-12-14(2)9(8)11/h6-7H,3-5,11H2,1-2H3. The number of carbonyl (C=O) groups excluding carboxylic acids is 1. The van der Waals surface area contributed by atoms with Gasteiger partial charge in [0.25, 0.3) is 5.91 Å². The summed E-state index contributed by atoms with van der Waals surface area (Å²) >= 11 is 0. The zero-order valence-electron chi connectivity index (χ0n) is 9.10. The molecule has 0 spiro atoms. The first-order chi connectivity index (χ1) is 7.11. The fourth-order valence-corrected chi connectivity index (χ4v) is 1.74. The van der Waals surface area contributed by atoms with Gasteiger partial charge in [0.15, 0.2) is 0 Å². The van der Waals surface area contributed by atoms with E-state index in [0.29, 0.717) is 17.4 Å². The molecule has 1 amide bonds. The Hall–Kier alpha value is -1.52. The van der Waals surface area contributed by atoms with Crippen LogP contribution in [0, 0.1) is 0 Å². The maximum absolute atomic E-state index is 12.0. The quantitative estimate of drug-likeness (QED) is 0.775. The van der Waals surface area contributed by atoms with Gasteiger partial charge in [0.05, 0.1) is 6.20 Å². The van der Waals surface area contributed by atoms with Gasteiger partial charge in [0.1, 0.15) is 11.4 Å². The van der Waals surface area contributed by atoms with Crippen LogP contribution in [0.3, 0.4) is 0 Å². The second kappa shape index (κ2) is 3.56. The Balaban J connectivity index is 2.16. The smallest absolute Gasteiger partial charge is 0.259 e. The van der Waals surface area contributed by atoms with Crippen molar-refractivity contribution in [1.29, 1.82) is 0 Å². The molecular formula is C10H16N4O. The van der Waals surface area contributed by atoms with Gasteiger partial charge >= 0.3 is 0 Å². The number of amides is 1. The number of carbonyl (C=O) groups is 1. The van der Waals surface area contributed by atoms with Crippen LogP contribution in [0.15, 0.2) is 6.20 Å². The van der Waals surface area contributed by atoms with Gasteiger partial charge in [-0.1, -0.05) is 0 Å². The molecule has 0 unspecified atom stereocenters. The van der Waals surface area contributed by atoms with E-state index >= 15 is 0 Å². The molecule has 1 fully saturated rings. The molecule has 15 heavy (non-hydrogen) atoms. The third kappa shape index (κ3) is 1.58. The van der Waals surface area contributed by atoms with E-state index in [1.165, 1.54) is 17.3 Å². The van der Waals surface area contributed by atoms with Crippen LogP contribution in [0.25, 0.3) is 0 Å². The molecule has 1 aromatic heterocycles. The zero-order chi connectivity index (χ0) is 11.0. The molecule has 1 heterocycles. The van der Waals surface area contributed by atoms with Gasteiger partial charge in [0, 0.05) is 20.1 Å². The average molecular weight is 208 g/mol. The van der Waals surface area contributed by atoms with Crippen molar-refractivity contribution < 1.29 is 4.79 Å². The number of aromatic nitrogens is 2. The molecule has 0 aliphatic heterocycles. The molecule has 0 aromatic carbocycles. The number of hydrogen-bond acceptors (Lipinski definition) is 3. The van der Waals surface area contributed by atoms with E-state index in [9.17, 15) is 4.79 Å². The summed E-state index contributed by atoms with van der Waals surface area (Å²) in [4.78, 5) is 13.8. The minimum Gasteiger partial charge on any atom is -0.383 e. The van der Waals surface area contributed by atoms with Crippen LogP contribution in [0.5, 0.6) is 0 Å². The van der Waals surface area contributed by atoms with E-state index in [2.05, 4.69) is 5.10 Å². The van der Waals surface area contributed by atoms with Crippen LogP contribution >= 0.6 is 0 Å². The molecular weight excluding hydrogens is 192 g/mol. The highest BCUT2D eigenvalue weighted by Gasteiger charge is 2.28. The lowest BCUT2D eigenvalue weighted by atomic mass is 9.91. The van der Waals surface area contributed by atoms with Crippen molar-refractivity contribution in [2.45, 2.75) is 25.3 Å². The lowest BCUT2D eigenvalue weighted by molar-refractivity contribution is 0.0653. The van der Waals surface area contributed by atoms with Gasteiger partial charge in [-0.05, 0) is 19.3 Å². The molecule has 5 nitrogen and oxygen atoms in total. The van der Waals surface area contributed by atoms with E-state index in [0.717, 1.165) is 12.8 Å². The number of nitrogens with zero attached hydrogens (tertiary/aromatic N) is 3. The third-order valence-corrected chi connectivity index (χ3v) is 3.16. The molecule has 2 rings (SSSR count). The average Bonchev–Trinajstić information content (AvgIpc) is 2.44. The molecule has 0 atom stereocenters. The van der Waals surface area contributed by atoms with E-state index in [-0.39, 0.29) is 5.91 Å². The summed E-state index contributed by atoms with van der Waals surface area (Å²) in [7, 11) is 3.56. The Morgan fingerprint density at radius 3 is 2.73 bits per heavy atom. The number of nitrogens with two attached hydrogens (primary N) is 1. The lowest BCUT2D eigenvalue weighted by Gasteiger charge is -2.34. The SMILES string of the molecule is CN(C(=O)c1cnn(C)c1N)C1CCC1. The van der Waals surface area contributed by atoms with E-state index in [4.69, 9.17) is 5.73 Å². The fraction of sp³-hybridized carbons (Fsp3) is 0.600. The largest absolute Gasteiger partial charge is 0.383 e. The number of aryl methyl sites for hydroxylation is 1. The number of hydrogen-bond donors (Lipinski definition) is 1. The molecule has 1 aromatic rings. The summed E-state index contributed by atoms with van der Waals surface area (Å²) in [5, 5.41) is 3.97. The highest BCUT2D eigenvalue weighted by atomic mass is 16.2. The highest BCUT2D eigenvalue weighted by molar-refractivity contribution is 5.98. The van der Waals surface area contributed by atoms with Crippen molar-refractivity contribution in [1.82, 2.24) is 14.7 Å². The van der Waals surface area contributed by atoms with Crippen LogP contribution in [-0.4, -0.2) is 33.7 Å². The Morgan fingerprint density at radius 2 is 2.33 bits per heavy atom. The van der Waals surface area contributed by atoms with Crippen molar-refractivity contribution in [3.8, 4) is 0 Å². The Bertz CT molecular complexity index is 381. The summed E-state index contributed by atoms with van der Waals surface area (Å²) in [6.45, 7) is 0. The van der Waals surface area contributed by atoms with E-state index < -0.39 is 0 Å². The summed E-state index contributed by atoms with van der Waals surface area (Å²) in [6, 6.07) is 0.386. The first-order valence-electron chi connectivity index (χ1n) is 5.16. The van der Waals surface area contributed by atoms with Crippen LogP contribution in [0.2, 0.25) is 0 Å². The van der Waals surface area contributed by atoms with Crippen molar-refractivity contribution in [2.75, 3.05) is 12.8 Å². The van der Waals surface area contributed by atoms with Crippen molar-refractivity contribution in [2.24, 2.45) is 7.05 Å².